The van der Waals surface area contributed by atoms with Gasteiger partial charge in [-0.2, -0.15) is 0 Å². The molecule has 1 aromatic heterocycles. The minimum Gasteiger partial charge on any atom is -0.493 e. The van der Waals surface area contributed by atoms with Gasteiger partial charge in [0.15, 0.2) is 0 Å². The number of hydrogen-bond donors (Lipinski definition) is 1. The molecule has 7 heteroatoms. The lowest BCUT2D eigenvalue weighted by Gasteiger charge is -2.06. The van der Waals surface area contributed by atoms with Gasteiger partial charge in [-0.25, -0.2) is 4.68 Å². The average Bonchev–Trinajstić information content (AvgIpc) is 2.66. The third-order valence-corrected chi connectivity index (χ3v) is 3.61. The van der Waals surface area contributed by atoms with Crippen LogP contribution in [0.4, 0.5) is 0 Å². The Bertz CT molecular complexity index is 532. The number of aryl methyl sites for hydroxylation is 1. The molecule has 96 valence electrons. The fraction of sp³-hybridized carbons (Fsp3) is 0.273. The summed E-state index contributed by atoms with van der Waals surface area (Å²) in [6.45, 7) is 2.40. The Balaban J connectivity index is 1.78. The molecule has 0 fully saturated rings. The molecule has 0 radical (unpaired) electrons. The Labute approximate surface area is 118 Å². The number of thioether (sulfide) groups is 1. The van der Waals surface area contributed by atoms with Crippen LogP contribution in [0.2, 0.25) is 0 Å². The number of benzene rings is 1. The normalized spacial score (nSPS) is 10.6. The SMILES string of the molecule is Cc1nnc(SCCOc2cccc(Br)c2)n1N. The maximum absolute atomic E-state index is 5.74. The molecule has 1 aromatic carbocycles. The molecule has 0 bridgehead atoms. The highest BCUT2D eigenvalue weighted by atomic mass is 79.9. The monoisotopic (exact) mass is 328 g/mol. The van der Waals surface area contributed by atoms with Crippen molar-refractivity contribution in [3.8, 4) is 5.75 Å². The van der Waals surface area contributed by atoms with Gasteiger partial charge in [0, 0.05) is 10.2 Å². The maximum Gasteiger partial charge on any atom is 0.209 e. The fourth-order valence-corrected chi connectivity index (χ4v) is 2.39. The van der Waals surface area contributed by atoms with Gasteiger partial charge < -0.3 is 10.6 Å². The van der Waals surface area contributed by atoms with Crippen molar-refractivity contribution in [2.24, 2.45) is 0 Å². The molecule has 2 aromatic rings. The Kier molecular flexibility index (Phi) is 4.48. The van der Waals surface area contributed by atoms with Gasteiger partial charge in [0.05, 0.1) is 6.61 Å². The van der Waals surface area contributed by atoms with Crippen molar-refractivity contribution in [1.29, 1.82) is 0 Å². The van der Waals surface area contributed by atoms with E-state index in [1.165, 1.54) is 16.4 Å². The van der Waals surface area contributed by atoms with Crippen molar-refractivity contribution in [3.05, 3.63) is 34.6 Å². The van der Waals surface area contributed by atoms with Gasteiger partial charge in [-0.1, -0.05) is 33.8 Å². The largest absolute Gasteiger partial charge is 0.493 e. The van der Waals surface area contributed by atoms with Gasteiger partial charge in [0.2, 0.25) is 5.16 Å². The highest BCUT2D eigenvalue weighted by Gasteiger charge is 2.05. The van der Waals surface area contributed by atoms with Crippen LogP contribution in [-0.4, -0.2) is 27.2 Å². The van der Waals surface area contributed by atoms with Crippen LogP contribution in [0, 0.1) is 6.92 Å². The summed E-state index contributed by atoms with van der Waals surface area (Å²) in [4.78, 5) is 0. The van der Waals surface area contributed by atoms with E-state index in [1.54, 1.807) is 0 Å². The molecule has 0 amide bonds. The minimum absolute atomic E-state index is 0.590. The van der Waals surface area contributed by atoms with E-state index in [0.717, 1.165) is 16.0 Å². The smallest absolute Gasteiger partial charge is 0.209 e. The van der Waals surface area contributed by atoms with Crippen LogP contribution in [-0.2, 0) is 0 Å². The van der Waals surface area contributed by atoms with Crippen molar-refractivity contribution < 1.29 is 4.74 Å². The zero-order valence-electron chi connectivity index (χ0n) is 9.84. The summed E-state index contributed by atoms with van der Waals surface area (Å²) in [7, 11) is 0. The molecule has 0 aliphatic rings. The first-order valence-corrected chi connectivity index (χ1v) is 7.13. The molecule has 2 rings (SSSR count). The molecule has 0 aliphatic carbocycles. The Morgan fingerprint density at radius 1 is 1.44 bits per heavy atom. The first kappa shape index (κ1) is 13.2. The number of nitrogen functional groups attached to an aromatic ring is 1. The Morgan fingerprint density at radius 3 is 2.94 bits per heavy atom. The predicted octanol–water partition coefficient (Wildman–Crippen LogP) is 2.23. The quantitative estimate of drug-likeness (QED) is 0.518. The average molecular weight is 329 g/mol. The van der Waals surface area contributed by atoms with Crippen LogP contribution in [0.15, 0.2) is 33.9 Å². The lowest BCUT2D eigenvalue weighted by atomic mass is 10.3. The summed E-state index contributed by atoms with van der Waals surface area (Å²) in [5.74, 6) is 8.05. The first-order chi connectivity index (χ1) is 8.66. The summed E-state index contributed by atoms with van der Waals surface area (Å²) in [5.41, 5.74) is 0. The summed E-state index contributed by atoms with van der Waals surface area (Å²) < 4.78 is 8.09. The molecule has 1 heterocycles. The lowest BCUT2D eigenvalue weighted by Crippen LogP contribution is -2.12. The van der Waals surface area contributed by atoms with E-state index in [2.05, 4.69) is 26.1 Å². The van der Waals surface area contributed by atoms with Crippen LogP contribution >= 0.6 is 27.7 Å². The second kappa shape index (κ2) is 6.10. The maximum atomic E-state index is 5.74. The van der Waals surface area contributed by atoms with Crippen molar-refractivity contribution in [2.45, 2.75) is 12.1 Å². The molecule has 0 aliphatic heterocycles. The summed E-state index contributed by atoms with van der Waals surface area (Å²) in [6.07, 6.45) is 0. The molecule has 0 atom stereocenters. The Hall–Kier alpha value is -1.21. The van der Waals surface area contributed by atoms with Gasteiger partial charge in [0.25, 0.3) is 0 Å². The zero-order chi connectivity index (χ0) is 13.0. The lowest BCUT2D eigenvalue weighted by molar-refractivity contribution is 0.343. The van der Waals surface area contributed by atoms with Crippen molar-refractivity contribution >= 4 is 27.7 Å². The van der Waals surface area contributed by atoms with Crippen LogP contribution in [0.3, 0.4) is 0 Å². The highest BCUT2D eigenvalue weighted by molar-refractivity contribution is 9.10. The van der Waals surface area contributed by atoms with Crippen LogP contribution in [0.25, 0.3) is 0 Å². The van der Waals surface area contributed by atoms with Gasteiger partial charge in [0.1, 0.15) is 11.6 Å². The molecule has 0 unspecified atom stereocenters. The number of halogens is 1. The van der Waals surface area contributed by atoms with Gasteiger partial charge in [-0.15, -0.1) is 10.2 Å². The van der Waals surface area contributed by atoms with Crippen molar-refractivity contribution in [2.75, 3.05) is 18.2 Å². The van der Waals surface area contributed by atoms with Crippen molar-refractivity contribution in [3.63, 3.8) is 0 Å². The molecule has 5 nitrogen and oxygen atoms in total. The van der Waals surface area contributed by atoms with E-state index in [4.69, 9.17) is 10.6 Å². The molecule has 0 spiro atoms. The van der Waals surface area contributed by atoms with Gasteiger partial charge in [-0.05, 0) is 25.1 Å². The number of hydrogen-bond acceptors (Lipinski definition) is 5. The molecular formula is C11H13BrN4OS. The molecular weight excluding hydrogens is 316 g/mol. The topological polar surface area (TPSA) is 66.0 Å². The van der Waals surface area contributed by atoms with Crippen LogP contribution in [0.5, 0.6) is 5.75 Å². The van der Waals surface area contributed by atoms with E-state index in [-0.39, 0.29) is 0 Å². The second-order valence-electron chi connectivity index (χ2n) is 3.55. The van der Waals surface area contributed by atoms with E-state index in [1.807, 2.05) is 31.2 Å². The van der Waals surface area contributed by atoms with E-state index in [9.17, 15) is 0 Å². The second-order valence-corrected chi connectivity index (χ2v) is 5.53. The number of rotatable bonds is 5. The summed E-state index contributed by atoms with van der Waals surface area (Å²) in [6, 6.07) is 7.75. The van der Waals surface area contributed by atoms with Crippen molar-refractivity contribution in [1.82, 2.24) is 14.9 Å². The fourth-order valence-electron chi connectivity index (χ4n) is 1.30. The number of aromatic nitrogens is 3. The number of ether oxygens (including phenoxy) is 1. The third kappa shape index (κ3) is 3.39. The summed E-state index contributed by atoms with van der Waals surface area (Å²) >= 11 is 4.92. The standard InChI is InChI=1S/C11H13BrN4OS/c1-8-14-15-11(16(8)13)18-6-5-17-10-4-2-3-9(12)7-10/h2-4,7H,5-6,13H2,1H3. The first-order valence-electron chi connectivity index (χ1n) is 5.35. The molecule has 2 N–H and O–H groups in total. The molecule has 0 saturated carbocycles. The van der Waals surface area contributed by atoms with E-state index >= 15 is 0 Å². The number of nitrogens with two attached hydrogens (primary N) is 1. The van der Waals surface area contributed by atoms with Crippen LogP contribution in [0.1, 0.15) is 5.82 Å². The number of nitrogens with zero attached hydrogens (tertiary/aromatic N) is 3. The van der Waals surface area contributed by atoms with Crippen LogP contribution < -0.4 is 10.6 Å². The molecule has 0 saturated heterocycles. The van der Waals surface area contributed by atoms with Gasteiger partial charge >= 0.3 is 0 Å². The predicted molar refractivity (Wildman–Crippen MR) is 75.3 cm³/mol. The minimum atomic E-state index is 0.590. The van der Waals surface area contributed by atoms with E-state index in [0.29, 0.717) is 17.6 Å². The molecule has 18 heavy (non-hydrogen) atoms. The highest BCUT2D eigenvalue weighted by Crippen LogP contribution is 2.19. The summed E-state index contributed by atoms with van der Waals surface area (Å²) in [5, 5.41) is 8.55. The van der Waals surface area contributed by atoms with Gasteiger partial charge in [-0.3, -0.25) is 0 Å². The Morgan fingerprint density at radius 2 is 2.28 bits per heavy atom. The third-order valence-electron chi connectivity index (χ3n) is 2.21. The van der Waals surface area contributed by atoms with E-state index < -0.39 is 0 Å². The zero-order valence-corrected chi connectivity index (χ0v) is 12.2.